The minimum atomic E-state index is -0.656. The molecule has 9 nitrogen and oxygen atoms in total. The molecule has 3 atom stereocenters. The molecule has 37 heavy (non-hydrogen) atoms. The Kier molecular flexibility index (Phi) is 17.3. The maximum atomic E-state index is 13.3. The lowest BCUT2D eigenvalue weighted by Crippen LogP contribution is -2.49. The topological polar surface area (TPSA) is 118 Å². The summed E-state index contributed by atoms with van der Waals surface area (Å²) < 4.78 is 15.8. The van der Waals surface area contributed by atoms with Crippen LogP contribution in [0.2, 0.25) is 5.02 Å². The number of hydrogen-bond acceptors (Lipinski definition) is 7. The molecule has 0 aromatic heterocycles. The van der Waals surface area contributed by atoms with Crippen LogP contribution in [0.25, 0.3) is 0 Å². The maximum Gasteiger partial charge on any atom is 0.244 e. The smallest absolute Gasteiger partial charge is 0.244 e. The largest absolute Gasteiger partial charge is 0.382 e. The Hall–Kier alpha value is -1.82. The Balaban J connectivity index is 2.70. The number of nitrogens with one attached hydrogen (secondary N) is 3. The van der Waals surface area contributed by atoms with Gasteiger partial charge in [-0.15, -0.1) is 0 Å². The number of carbonyl (C=O) groups excluding carboxylic acids is 2. The lowest BCUT2D eigenvalue weighted by atomic mass is 9.87. The molecule has 0 aliphatic rings. The second-order valence-corrected chi connectivity index (χ2v) is 10.2. The highest BCUT2D eigenvalue weighted by Gasteiger charge is 2.28. The summed E-state index contributed by atoms with van der Waals surface area (Å²) in [5.74, 6) is -1.30. The maximum absolute atomic E-state index is 13.3. The van der Waals surface area contributed by atoms with E-state index >= 15 is 0 Å². The minimum Gasteiger partial charge on any atom is -0.382 e. The fraction of sp³-hybridized carbons (Fsp3) is 0.654. The van der Waals surface area contributed by atoms with Crippen molar-refractivity contribution in [2.45, 2.75) is 52.0 Å². The molecule has 0 aliphatic carbocycles. The van der Waals surface area contributed by atoms with Gasteiger partial charge in [-0.1, -0.05) is 56.7 Å². The van der Waals surface area contributed by atoms with Gasteiger partial charge in [0.1, 0.15) is 0 Å². The third-order valence-corrected chi connectivity index (χ3v) is 6.37. The number of methoxy groups -OCH3 is 1. The number of halogens is 1. The zero-order valence-corrected chi connectivity index (χ0v) is 23.8. The zero-order valence-electron chi connectivity index (χ0n) is 22.3. The van der Waals surface area contributed by atoms with Crippen molar-refractivity contribution < 1.29 is 29.0 Å². The van der Waals surface area contributed by atoms with E-state index in [-0.39, 0.29) is 24.2 Å². The van der Waals surface area contributed by atoms with E-state index < -0.39 is 17.9 Å². The molecule has 1 aromatic carbocycles. The van der Waals surface area contributed by atoms with Crippen LogP contribution >= 0.6 is 23.8 Å². The summed E-state index contributed by atoms with van der Waals surface area (Å²) >= 11 is 11.6. The molecule has 0 bridgehead atoms. The molecule has 1 rings (SSSR count). The van der Waals surface area contributed by atoms with Gasteiger partial charge in [0, 0.05) is 31.0 Å². The molecular weight excluding hydrogens is 518 g/mol. The van der Waals surface area contributed by atoms with Crippen LogP contribution in [0, 0.1) is 11.8 Å². The normalized spacial score (nSPS) is 13.6. The van der Waals surface area contributed by atoms with Crippen LogP contribution in [0.15, 0.2) is 24.3 Å². The molecule has 0 heterocycles. The van der Waals surface area contributed by atoms with Gasteiger partial charge in [-0.2, -0.15) is 0 Å². The summed E-state index contributed by atoms with van der Waals surface area (Å²) in [4.78, 5) is 25.8. The van der Waals surface area contributed by atoms with E-state index in [0.717, 1.165) is 5.56 Å². The lowest BCUT2D eigenvalue weighted by Gasteiger charge is -2.26. The van der Waals surface area contributed by atoms with Crippen molar-refractivity contribution in [1.82, 2.24) is 16.1 Å². The van der Waals surface area contributed by atoms with Crippen LogP contribution in [-0.4, -0.2) is 74.7 Å². The molecule has 0 spiro atoms. The van der Waals surface area contributed by atoms with Crippen molar-refractivity contribution in [1.29, 1.82) is 0 Å². The summed E-state index contributed by atoms with van der Waals surface area (Å²) in [5.41, 5.74) is 2.64. The number of hydroxylamine groups is 1. The standard InChI is InChI=1S/C26H42ClN3O6S/c1-18(2)15-23(26(37)28-9-10-35-13-14-36-12-11-34-4)29-25(32)21(17-24(31)30-33)16-19(3)20-5-7-22(27)8-6-20/h5-8,18-19,21,23,33H,9-17H2,1-4H3,(H,28,37)(H,29,32)(H,30,31)/t19?,21-,23+/m1/s1. The number of ether oxygens (including phenoxy) is 3. The van der Waals surface area contributed by atoms with Gasteiger partial charge < -0.3 is 24.8 Å². The molecule has 0 saturated carbocycles. The molecule has 0 radical (unpaired) electrons. The Morgan fingerprint density at radius 2 is 1.62 bits per heavy atom. The van der Waals surface area contributed by atoms with Crippen molar-refractivity contribution in [3.8, 4) is 0 Å². The second-order valence-electron chi connectivity index (χ2n) is 9.32. The van der Waals surface area contributed by atoms with Gasteiger partial charge in [0.2, 0.25) is 11.8 Å². The van der Waals surface area contributed by atoms with Gasteiger partial charge in [0.25, 0.3) is 0 Å². The molecule has 210 valence electrons. The molecule has 0 aliphatic heterocycles. The number of thiocarbonyl (C=S) groups is 1. The average Bonchev–Trinajstić information content (AvgIpc) is 2.86. The van der Waals surface area contributed by atoms with Crippen molar-refractivity contribution in [2.75, 3.05) is 46.7 Å². The van der Waals surface area contributed by atoms with Crippen LogP contribution < -0.4 is 16.1 Å². The number of benzene rings is 1. The Bertz CT molecular complexity index is 812. The number of amides is 2. The minimum absolute atomic E-state index is 0.0104. The van der Waals surface area contributed by atoms with Crippen molar-refractivity contribution in [2.24, 2.45) is 11.8 Å². The molecule has 1 aromatic rings. The molecule has 4 N–H and O–H groups in total. The molecule has 0 saturated heterocycles. The van der Waals surface area contributed by atoms with E-state index in [1.807, 2.05) is 32.9 Å². The van der Waals surface area contributed by atoms with Crippen molar-refractivity contribution in [3.63, 3.8) is 0 Å². The first-order chi connectivity index (χ1) is 17.7. The van der Waals surface area contributed by atoms with Crippen LogP contribution in [-0.2, 0) is 23.8 Å². The quantitative estimate of drug-likeness (QED) is 0.0880. The fourth-order valence-electron chi connectivity index (χ4n) is 3.73. The molecule has 2 amide bonds. The highest BCUT2D eigenvalue weighted by atomic mass is 35.5. The van der Waals surface area contributed by atoms with E-state index in [0.29, 0.717) is 62.4 Å². The van der Waals surface area contributed by atoms with Gasteiger partial charge in [-0.25, -0.2) is 5.48 Å². The van der Waals surface area contributed by atoms with Crippen LogP contribution in [0.1, 0.15) is 51.5 Å². The molecule has 0 fully saturated rings. The number of hydrogen-bond donors (Lipinski definition) is 4. The van der Waals surface area contributed by atoms with E-state index in [2.05, 4.69) is 10.6 Å². The summed E-state index contributed by atoms with van der Waals surface area (Å²) in [5, 5.41) is 15.9. The highest BCUT2D eigenvalue weighted by Crippen LogP contribution is 2.27. The van der Waals surface area contributed by atoms with Crippen LogP contribution in [0.5, 0.6) is 0 Å². The second kappa shape index (κ2) is 19.3. The van der Waals surface area contributed by atoms with E-state index in [4.69, 9.17) is 43.2 Å². The Labute approximate surface area is 230 Å². The summed E-state index contributed by atoms with van der Waals surface area (Å²) in [6.45, 7) is 9.03. The SMILES string of the molecule is COCCOCCOCCNC(=S)[C@H](CC(C)C)NC(=O)[C@@H](CC(=O)NO)CC(C)c1ccc(Cl)cc1. The number of carbonyl (C=O) groups is 2. The Morgan fingerprint density at radius 1 is 1.00 bits per heavy atom. The monoisotopic (exact) mass is 559 g/mol. The summed E-state index contributed by atoms with van der Waals surface area (Å²) in [6, 6.07) is 7.00. The van der Waals surface area contributed by atoms with Crippen LogP contribution in [0.4, 0.5) is 0 Å². The van der Waals surface area contributed by atoms with Crippen molar-refractivity contribution in [3.05, 3.63) is 34.9 Å². The van der Waals surface area contributed by atoms with E-state index in [1.165, 1.54) is 0 Å². The fourth-order valence-corrected chi connectivity index (χ4v) is 4.12. The third kappa shape index (κ3) is 14.6. The number of rotatable bonds is 19. The predicted molar refractivity (Wildman–Crippen MR) is 148 cm³/mol. The molecule has 11 heteroatoms. The van der Waals surface area contributed by atoms with E-state index in [1.54, 1.807) is 24.7 Å². The first-order valence-electron chi connectivity index (χ1n) is 12.6. The summed E-state index contributed by atoms with van der Waals surface area (Å²) in [6.07, 6.45) is 0.905. The van der Waals surface area contributed by atoms with Gasteiger partial charge >= 0.3 is 0 Å². The zero-order chi connectivity index (χ0) is 27.6. The molecular formula is C26H42ClN3O6S. The molecule has 1 unspecified atom stereocenters. The van der Waals surface area contributed by atoms with E-state index in [9.17, 15) is 9.59 Å². The lowest BCUT2D eigenvalue weighted by molar-refractivity contribution is -0.135. The van der Waals surface area contributed by atoms with Gasteiger partial charge in [-0.3, -0.25) is 14.8 Å². The van der Waals surface area contributed by atoms with Crippen molar-refractivity contribution >= 4 is 40.6 Å². The van der Waals surface area contributed by atoms with Crippen LogP contribution in [0.3, 0.4) is 0 Å². The highest BCUT2D eigenvalue weighted by molar-refractivity contribution is 7.80. The third-order valence-electron chi connectivity index (χ3n) is 5.69. The Morgan fingerprint density at radius 3 is 2.22 bits per heavy atom. The summed E-state index contributed by atoms with van der Waals surface area (Å²) in [7, 11) is 1.62. The predicted octanol–water partition coefficient (Wildman–Crippen LogP) is 3.47. The first kappa shape index (κ1) is 33.2. The average molecular weight is 560 g/mol. The van der Waals surface area contributed by atoms with Gasteiger partial charge in [-0.05, 0) is 42.4 Å². The van der Waals surface area contributed by atoms with Gasteiger partial charge in [0.05, 0.1) is 44.1 Å². The van der Waals surface area contributed by atoms with Gasteiger partial charge in [0.15, 0.2) is 0 Å². The first-order valence-corrected chi connectivity index (χ1v) is 13.4.